The van der Waals surface area contributed by atoms with Gasteiger partial charge in [-0.25, -0.2) is 4.79 Å². The molecule has 2 saturated heterocycles. The maximum absolute atomic E-state index is 13.6. The number of anilines is 1. The smallest absolute Gasteiger partial charge is 0.326 e. The molecule has 0 radical (unpaired) electrons. The summed E-state index contributed by atoms with van der Waals surface area (Å²) >= 11 is 1.57. The number of hydrogen-bond acceptors (Lipinski definition) is 6. The third kappa shape index (κ3) is 5.03. The Morgan fingerprint density at radius 2 is 1.87 bits per heavy atom. The van der Waals surface area contributed by atoms with Gasteiger partial charge in [0.1, 0.15) is 11.5 Å². The maximum atomic E-state index is 13.6. The van der Waals surface area contributed by atoms with Crippen LogP contribution in [0.5, 0.6) is 11.5 Å². The van der Waals surface area contributed by atoms with Gasteiger partial charge in [-0.2, -0.15) is 0 Å². The van der Waals surface area contributed by atoms with Crippen molar-refractivity contribution >= 4 is 29.4 Å². The number of nitrogens with one attached hydrogen (secondary N) is 3. The fourth-order valence-corrected chi connectivity index (χ4v) is 8.02. The molecule has 206 valence electrons. The number of ether oxygens (including phenoxy) is 1. The van der Waals surface area contributed by atoms with Crippen molar-refractivity contribution in [3.63, 3.8) is 0 Å². The van der Waals surface area contributed by atoms with E-state index in [-0.39, 0.29) is 35.3 Å². The first-order valence-electron chi connectivity index (χ1n) is 14.0. The van der Waals surface area contributed by atoms with Crippen LogP contribution in [0.25, 0.3) is 0 Å². The molecule has 3 fully saturated rings. The highest BCUT2D eigenvalue weighted by Crippen LogP contribution is 2.48. The molecule has 3 unspecified atom stereocenters. The third-order valence-electron chi connectivity index (χ3n) is 8.46. The van der Waals surface area contributed by atoms with Crippen LogP contribution in [0.1, 0.15) is 37.7 Å². The molecular weight excluding hydrogens is 510 g/mol. The zero-order chi connectivity index (χ0) is 27.1. The molecule has 8 nitrogen and oxygen atoms in total. The first-order valence-corrected chi connectivity index (χ1v) is 14.8. The molecule has 3 heterocycles. The van der Waals surface area contributed by atoms with Crippen molar-refractivity contribution in [3.8, 4) is 11.5 Å². The minimum Gasteiger partial charge on any atom is -0.457 e. The monoisotopic (exact) mass is 547 g/mol. The van der Waals surface area contributed by atoms with Crippen LogP contribution in [-0.4, -0.2) is 61.0 Å². The summed E-state index contributed by atoms with van der Waals surface area (Å²) in [5, 5.41) is 10.1. The standard InChI is InChI=1S/C30H37N5O3S/c1-18-17-20(38-19-9-5-4-6-10-19)13-14-22(18)35-24-15-16-31-29-25(24)26(33-30(35)37)27(39-29)28(36)32-21-11-7-8-12-23(21)34(2)3/h4-6,9-10,13-14,17,21,23-25,29,31H,7-8,11-12,15-16H2,1-3H3,(H,32,36)(H,33,37)/t21-,23+,24?,25?,29?/m0/s1. The molecule has 4 aliphatic rings. The van der Waals surface area contributed by atoms with Crippen molar-refractivity contribution in [2.45, 2.75) is 62.5 Å². The molecule has 3 N–H and O–H groups in total. The zero-order valence-electron chi connectivity index (χ0n) is 22.8. The van der Waals surface area contributed by atoms with Crippen LogP contribution in [0, 0.1) is 12.8 Å². The number of hydrogen-bond donors (Lipinski definition) is 3. The van der Waals surface area contributed by atoms with E-state index in [2.05, 4.69) is 34.9 Å². The number of para-hydroxylation sites is 1. The molecule has 0 spiro atoms. The minimum absolute atomic E-state index is 0.0258. The predicted octanol–water partition coefficient (Wildman–Crippen LogP) is 4.57. The number of amides is 3. The number of thioether (sulfide) groups is 1. The van der Waals surface area contributed by atoms with Gasteiger partial charge in [-0.3, -0.25) is 9.69 Å². The average molecular weight is 548 g/mol. The summed E-state index contributed by atoms with van der Waals surface area (Å²) in [5.74, 6) is 1.47. The van der Waals surface area contributed by atoms with Crippen LogP contribution >= 0.6 is 11.8 Å². The summed E-state index contributed by atoms with van der Waals surface area (Å²) < 4.78 is 6.02. The summed E-state index contributed by atoms with van der Waals surface area (Å²) in [6.45, 7) is 2.81. The van der Waals surface area contributed by atoms with Crippen molar-refractivity contribution < 1.29 is 14.3 Å². The predicted molar refractivity (Wildman–Crippen MR) is 155 cm³/mol. The minimum atomic E-state index is -0.177. The number of carbonyl (C=O) groups excluding carboxylic acids is 2. The third-order valence-corrected chi connectivity index (χ3v) is 9.82. The lowest BCUT2D eigenvalue weighted by atomic mass is 9.86. The molecule has 0 bridgehead atoms. The van der Waals surface area contributed by atoms with Gasteiger partial charge in [0, 0.05) is 29.4 Å². The second-order valence-corrected chi connectivity index (χ2v) is 12.3. The maximum Gasteiger partial charge on any atom is 0.326 e. The molecular formula is C30H37N5O3S. The Kier molecular flexibility index (Phi) is 7.31. The van der Waals surface area contributed by atoms with Crippen LogP contribution in [0.2, 0.25) is 0 Å². The molecule has 2 aromatic rings. The number of aryl methyl sites for hydroxylation is 1. The van der Waals surface area contributed by atoms with Crippen molar-refractivity contribution in [2.75, 3.05) is 25.5 Å². The molecule has 6 rings (SSSR count). The van der Waals surface area contributed by atoms with Crippen molar-refractivity contribution in [1.29, 1.82) is 0 Å². The number of carbonyl (C=O) groups is 2. The van der Waals surface area contributed by atoms with E-state index in [9.17, 15) is 9.59 Å². The first-order chi connectivity index (χ1) is 18.9. The summed E-state index contributed by atoms with van der Waals surface area (Å²) in [4.78, 5) is 32.0. The SMILES string of the molecule is Cc1cc(Oc2ccccc2)ccc1N1C(=O)NC2=C(C(=O)N[C@H]3CCCC[C@H]3N(C)C)SC3NCCC1C23. The van der Waals surface area contributed by atoms with Gasteiger partial charge in [-0.1, -0.05) is 42.8 Å². The molecule has 1 aliphatic carbocycles. The number of benzene rings is 2. The van der Waals surface area contributed by atoms with Gasteiger partial charge in [0.25, 0.3) is 5.91 Å². The van der Waals surface area contributed by atoms with Crippen molar-refractivity contribution in [1.82, 2.24) is 20.9 Å². The molecule has 5 atom stereocenters. The molecule has 2 aromatic carbocycles. The van der Waals surface area contributed by atoms with Gasteiger partial charge in [0.15, 0.2) is 0 Å². The van der Waals surface area contributed by atoms with Gasteiger partial charge in [-0.15, -0.1) is 0 Å². The highest BCUT2D eigenvalue weighted by Gasteiger charge is 2.52. The van der Waals surface area contributed by atoms with Crippen LogP contribution < -0.4 is 25.6 Å². The Bertz CT molecular complexity index is 1280. The molecule has 9 heteroatoms. The Balaban J connectivity index is 1.24. The second kappa shape index (κ2) is 10.9. The molecule has 3 aliphatic heterocycles. The average Bonchev–Trinajstić information content (AvgIpc) is 3.30. The van der Waals surface area contributed by atoms with Gasteiger partial charge < -0.3 is 25.6 Å². The number of likely N-dealkylation sites (N-methyl/N-ethyl adjacent to an activating group) is 1. The van der Waals surface area contributed by atoms with E-state index in [0.717, 1.165) is 60.7 Å². The second-order valence-electron chi connectivity index (χ2n) is 11.2. The van der Waals surface area contributed by atoms with Crippen molar-refractivity contribution in [3.05, 3.63) is 64.7 Å². The lowest BCUT2D eigenvalue weighted by Gasteiger charge is -2.46. The van der Waals surface area contributed by atoms with Crippen molar-refractivity contribution in [2.24, 2.45) is 5.92 Å². The van der Waals surface area contributed by atoms with E-state index in [1.807, 2.05) is 60.4 Å². The van der Waals surface area contributed by atoms with E-state index in [0.29, 0.717) is 10.9 Å². The first kappa shape index (κ1) is 26.2. The zero-order valence-corrected chi connectivity index (χ0v) is 23.6. The fourth-order valence-electron chi connectivity index (χ4n) is 6.62. The molecule has 3 amide bonds. The normalized spacial score (nSPS) is 28.3. The summed E-state index contributed by atoms with van der Waals surface area (Å²) in [6, 6.07) is 15.8. The van der Waals surface area contributed by atoms with Gasteiger partial charge in [0.2, 0.25) is 0 Å². The van der Waals surface area contributed by atoms with E-state index in [1.165, 1.54) is 6.42 Å². The van der Waals surface area contributed by atoms with Crippen LogP contribution in [0.3, 0.4) is 0 Å². The number of piperidine rings is 1. The van der Waals surface area contributed by atoms with Crippen LogP contribution in [0.15, 0.2) is 59.1 Å². The van der Waals surface area contributed by atoms with E-state index < -0.39 is 0 Å². The summed E-state index contributed by atoms with van der Waals surface area (Å²) in [7, 11) is 4.17. The quantitative estimate of drug-likeness (QED) is 0.491. The molecule has 0 aromatic heterocycles. The lowest BCUT2D eigenvalue weighted by Crippen LogP contribution is -2.62. The summed E-state index contributed by atoms with van der Waals surface area (Å²) in [5.41, 5.74) is 2.62. The van der Waals surface area contributed by atoms with Crippen LogP contribution in [-0.2, 0) is 4.79 Å². The van der Waals surface area contributed by atoms with E-state index in [1.54, 1.807) is 11.8 Å². The Morgan fingerprint density at radius 1 is 1.08 bits per heavy atom. The largest absolute Gasteiger partial charge is 0.457 e. The van der Waals surface area contributed by atoms with E-state index >= 15 is 0 Å². The van der Waals surface area contributed by atoms with E-state index in [4.69, 9.17) is 4.74 Å². The summed E-state index contributed by atoms with van der Waals surface area (Å²) in [6.07, 6.45) is 5.22. The topological polar surface area (TPSA) is 85.9 Å². The number of nitrogens with zero attached hydrogens (tertiary/aromatic N) is 2. The van der Waals surface area contributed by atoms with Gasteiger partial charge >= 0.3 is 6.03 Å². The highest BCUT2D eigenvalue weighted by molar-refractivity contribution is 8.04. The number of urea groups is 1. The Labute approximate surface area is 234 Å². The van der Waals surface area contributed by atoms with Gasteiger partial charge in [-0.05, 0) is 82.7 Å². The molecule has 39 heavy (non-hydrogen) atoms. The highest BCUT2D eigenvalue weighted by atomic mass is 32.2. The van der Waals surface area contributed by atoms with Gasteiger partial charge in [0.05, 0.1) is 16.3 Å². The Hall–Kier alpha value is -3.01. The Morgan fingerprint density at radius 3 is 2.64 bits per heavy atom. The molecule has 1 saturated carbocycles. The number of rotatable bonds is 6. The fraction of sp³-hybridized carbons (Fsp3) is 0.467. The lowest BCUT2D eigenvalue weighted by molar-refractivity contribution is -0.118. The van der Waals surface area contributed by atoms with Crippen LogP contribution in [0.4, 0.5) is 10.5 Å².